The van der Waals surface area contributed by atoms with Crippen molar-refractivity contribution in [1.82, 2.24) is 9.55 Å². The molecule has 0 saturated carbocycles. The minimum atomic E-state index is -0.357. The van der Waals surface area contributed by atoms with E-state index in [0.717, 1.165) is 51.1 Å². The first-order chi connectivity index (χ1) is 7.86. The van der Waals surface area contributed by atoms with Crippen LogP contribution in [0.5, 0.6) is 0 Å². The van der Waals surface area contributed by atoms with Crippen molar-refractivity contribution in [2.24, 2.45) is 0 Å². The van der Waals surface area contributed by atoms with Crippen LogP contribution in [-0.2, 0) is 11.2 Å². The van der Waals surface area contributed by atoms with E-state index in [9.17, 15) is 5.11 Å². The lowest BCUT2D eigenvalue weighted by atomic mass is 9.98. The smallest absolute Gasteiger partial charge is 0.132 e. The van der Waals surface area contributed by atoms with E-state index in [1.807, 2.05) is 6.20 Å². The summed E-state index contributed by atoms with van der Waals surface area (Å²) < 4.78 is 7.42. The third kappa shape index (κ3) is 1.66. The van der Waals surface area contributed by atoms with Crippen molar-refractivity contribution in [3.05, 3.63) is 17.7 Å². The molecule has 4 nitrogen and oxygen atoms in total. The number of aliphatic hydroxyl groups excluding tert-OH is 1. The Kier molecular flexibility index (Phi) is 2.69. The Morgan fingerprint density at radius 3 is 2.94 bits per heavy atom. The fourth-order valence-corrected chi connectivity index (χ4v) is 2.79. The molecule has 2 aliphatic rings. The molecule has 0 spiro atoms. The number of rotatable bonds is 1. The monoisotopic (exact) mass is 222 g/mol. The van der Waals surface area contributed by atoms with Gasteiger partial charge in [-0.15, -0.1) is 0 Å². The van der Waals surface area contributed by atoms with Gasteiger partial charge in [0.1, 0.15) is 12.1 Å². The number of aromatic nitrogens is 2. The number of ether oxygens (including phenoxy) is 1. The molecule has 88 valence electrons. The molecule has 1 fully saturated rings. The van der Waals surface area contributed by atoms with E-state index in [0.29, 0.717) is 5.92 Å². The van der Waals surface area contributed by atoms with Gasteiger partial charge in [-0.05, 0) is 32.1 Å². The van der Waals surface area contributed by atoms with Gasteiger partial charge in [0.25, 0.3) is 0 Å². The van der Waals surface area contributed by atoms with Crippen molar-refractivity contribution < 1.29 is 9.84 Å². The highest BCUT2D eigenvalue weighted by Crippen LogP contribution is 2.32. The van der Waals surface area contributed by atoms with Crippen LogP contribution in [0.4, 0.5) is 0 Å². The molecule has 0 amide bonds. The molecule has 16 heavy (non-hydrogen) atoms. The normalized spacial score (nSPS) is 26.7. The molecular weight excluding hydrogens is 204 g/mol. The van der Waals surface area contributed by atoms with Crippen molar-refractivity contribution in [3.8, 4) is 0 Å². The van der Waals surface area contributed by atoms with Gasteiger partial charge >= 0.3 is 0 Å². The zero-order chi connectivity index (χ0) is 11.0. The standard InChI is InChI=1S/C12H18N2O2/c15-11-3-1-2-10-8-13-12(14(10)11)9-4-6-16-7-5-9/h8-9,11,15H,1-7H2. The molecule has 0 radical (unpaired) electrons. The van der Waals surface area contributed by atoms with Crippen LogP contribution < -0.4 is 0 Å². The van der Waals surface area contributed by atoms with Gasteiger partial charge in [0, 0.05) is 31.0 Å². The lowest BCUT2D eigenvalue weighted by Crippen LogP contribution is -2.23. The summed E-state index contributed by atoms with van der Waals surface area (Å²) >= 11 is 0. The van der Waals surface area contributed by atoms with E-state index in [1.54, 1.807) is 0 Å². The van der Waals surface area contributed by atoms with Gasteiger partial charge in [0.15, 0.2) is 0 Å². The Labute approximate surface area is 95.3 Å². The second-order valence-corrected chi connectivity index (χ2v) is 4.74. The van der Waals surface area contributed by atoms with E-state index in [4.69, 9.17) is 4.74 Å². The quantitative estimate of drug-likeness (QED) is 0.785. The van der Waals surface area contributed by atoms with Gasteiger partial charge in [-0.25, -0.2) is 4.98 Å². The second kappa shape index (κ2) is 4.18. The summed E-state index contributed by atoms with van der Waals surface area (Å²) in [5, 5.41) is 10.1. The van der Waals surface area contributed by atoms with Crippen molar-refractivity contribution in [1.29, 1.82) is 0 Å². The van der Waals surface area contributed by atoms with E-state index < -0.39 is 0 Å². The molecule has 4 heteroatoms. The summed E-state index contributed by atoms with van der Waals surface area (Å²) in [7, 11) is 0. The fourth-order valence-electron chi connectivity index (χ4n) is 2.79. The van der Waals surface area contributed by atoms with E-state index in [-0.39, 0.29) is 6.23 Å². The van der Waals surface area contributed by atoms with Crippen LogP contribution in [0.1, 0.15) is 49.3 Å². The molecule has 1 aromatic rings. The summed E-state index contributed by atoms with van der Waals surface area (Å²) in [5.74, 6) is 1.54. The third-order valence-electron chi connectivity index (χ3n) is 3.68. The van der Waals surface area contributed by atoms with E-state index >= 15 is 0 Å². The van der Waals surface area contributed by atoms with Gasteiger partial charge in [0.2, 0.25) is 0 Å². The van der Waals surface area contributed by atoms with Crippen molar-refractivity contribution in [2.45, 2.75) is 44.2 Å². The summed E-state index contributed by atoms with van der Waals surface area (Å²) in [6.45, 7) is 1.64. The predicted octanol–water partition coefficient (Wildman–Crippen LogP) is 1.60. The first-order valence-electron chi connectivity index (χ1n) is 6.18. The highest BCUT2D eigenvalue weighted by Gasteiger charge is 2.27. The summed E-state index contributed by atoms with van der Waals surface area (Å²) in [4.78, 5) is 4.52. The number of hydrogen-bond donors (Lipinski definition) is 1. The first kappa shape index (κ1) is 10.3. The second-order valence-electron chi connectivity index (χ2n) is 4.74. The Morgan fingerprint density at radius 1 is 1.31 bits per heavy atom. The molecule has 3 heterocycles. The first-order valence-corrected chi connectivity index (χ1v) is 6.18. The Morgan fingerprint density at radius 2 is 2.12 bits per heavy atom. The summed E-state index contributed by atoms with van der Waals surface area (Å²) in [6.07, 6.45) is 6.62. The number of aliphatic hydroxyl groups is 1. The van der Waals surface area contributed by atoms with E-state index in [1.165, 1.54) is 5.69 Å². The molecule has 0 aromatic carbocycles. The van der Waals surface area contributed by atoms with Gasteiger partial charge < -0.3 is 14.4 Å². The SMILES string of the molecule is OC1CCCc2cnc(C3CCOCC3)n21. The topological polar surface area (TPSA) is 47.3 Å². The minimum Gasteiger partial charge on any atom is -0.381 e. The number of hydrogen-bond acceptors (Lipinski definition) is 3. The van der Waals surface area contributed by atoms with Crippen LogP contribution in [0.25, 0.3) is 0 Å². The lowest BCUT2D eigenvalue weighted by molar-refractivity contribution is 0.0606. The van der Waals surface area contributed by atoms with Gasteiger partial charge in [-0.3, -0.25) is 0 Å². The Hall–Kier alpha value is -0.870. The fraction of sp³-hybridized carbons (Fsp3) is 0.750. The maximum atomic E-state index is 10.1. The summed E-state index contributed by atoms with van der Waals surface area (Å²) in [6, 6.07) is 0. The minimum absolute atomic E-state index is 0.357. The van der Waals surface area contributed by atoms with Crippen LogP contribution >= 0.6 is 0 Å². The number of nitrogens with zero attached hydrogens (tertiary/aromatic N) is 2. The number of imidazole rings is 1. The largest absolute Gasteiger partial charge is 0.381 e. The zero-order valence-electron chi connectivity index (χ0n) is 9.43. The third-order valence-corrected chi connectivity index (χ3v) is 3.68. The average molecular weight is 222 g/mol. The van der Waals surface area contributed by atoms with Crippen molar-refractivity contribution >= 4 is 0 Å². The molecule has 3 rings (SSSR count). The average Bonchev–Trinajstić information content (AvgIpc) is 2.75. The highest BCUT2D eigenvalue weighted by atomic mass is 16.5. The molecule has 1 atom stereocenters. The van der Waals surface area contributed by atoms with Crippen LogP contribution in [0, 0.1) is 0 Å². The van der Waals surface area contributed by atoms with Crippen LogP contribution in [0.15, 0.2) is 6.20 Å². The Balaban J connectivity index is 1.91. The molecule has 2 aliphatic heterocycles. The molecule has 0 aliphatic carbocycles. The molecule has 1 saturated heterocycles. The number of aryl methyl sites for hydroxylation is 1. The number of fused-ring (bicyclic) bond motifs is 1. The van der Waals surface area contributed by atoms with Gasteiger partial charge in [0.05, 0.1) is 0 Å². The molecule has 0 bridgehead atoms. The Bertz CT molecular complexity index is 369. The molecule has 1 unspecified atom stereocenters. The molecule has 1 aromatic heterocycles. The van der Waals surface area contributed by atoms with Gasteiger partial charge in [-0.2, -0.15) is 0 Å². The summed E-state index contributed by atoms with van der Waals surface area (Å²) in [5.41, 5.74) is 1.19. The van der Waals surface area contributed by atoms with Crippen molar-refractivity contribution in [2.75, 3.05) is 13.2 Å². The molecular formula is C12H18N2O2. The predicted molar refractivity (Wildman–Crippen MR) is 59.2 cm³/mol. The highest BCUT2D eigenvalue weighted by molar-refractivity contribution is 5.13. The van der Waals surface area contributed by atoms with Gasteiger partial charge in [-0.1, -0.05) is 0 Å². The van der Waals surface area contributed by atoms with Crippen LogP contribution in [0.3, 0.4) is 0 Å². The van der Waals surface area contributed by atoms with Crippen LogP contribution in [-0.4, -0.2) is 27.9 Å². The molecule has 1 N–H and O–H groups in total. The lowest BCUT2D eigenvalue weighted by Gasteiger charge is -2.27. The zero-order valence-corrected chi connectivity index (χ0v) is 9.43. The van der Waals surface area contributed by atoms with Crippen LogP contribution in [0.2, 0.25) is 0 Å². The maximum absolute atomic E-state index is 10.1. The maximum Gasteiger partial charge on any atom is 0.132 e. The van der Waals surface area contributed by atoms with Crippen molar-refractivity contribution in [3.63, 3.8) is 0 Å². The van der Waals surface area contributed by atoms with E-state index in [2.05, 4.69) is 9.55 Å².